The van der Waals surface area contributed by atoms with Crippen LogP contribution < -0.4 is 10.2 Å². The predicted molar refractivity (Wildman–Crippen MR) is 111 cm³/mol. The van der Waals surface area contributed by atoms with Gasteiger partial charge in [-0.2, -0.15) is 18.4 Å². The summed E-state index contributed by atoms with van der Waals surface area (Å²) in [5.41, 5.74) is -1.40. The number of piperidine rings is 1. The molecule has 2 heterocycles. The molecule has 0 radical (unpaired) electrons. The topological polar surface area (TPSA) is 85.7 Å². The lowest BCUT2D eigenvalue weighted by Crippen LogP contribution is -2.48. The second-order valence-corrected chi connectivity index (χ2v) is 8.27. The van der Waals surface area contributed by atoms with E-state index in [4.69, 9.17) is 10.00 Å². The van der Waals surface area contributed by atoms with Gasteiger partial charge in [-0.1, -0.05) is 0 Å². The van der Waals surface area contributed by atoms with Crippen molar-refractivity contribution in [2.24, 2.45) is 11.3 Å². The highest BCUT2D eigenvalue weighted by molar-refractivity contribution is 5.83. The van der Waals surface area contributed by atoms with E-state index >= 15 is 0 Å². The number of hydrogen-bond donors (Lipinski definition) is 1. The molecular formula is C22H27F3N4O3. The Bertz CT molecular complexity index is 905. The average molecular weight is 452 g/mol. The molecule has 0 bridgehead atoms. The largest absolute Gasteiger partial charge is 0.417 e. The first kappa shape index (κ1) is 23.9. The number of nitrogens with one attached hydrogen (secondary N) is 1. The minimum Gasteiger partial charge on any atom is -0.372 e. The smallest absolute Gasteiger partial charge is 0.372 e. The van der Waals surface area contributed by atoms with Gasteiger partial charge in [-0.15, -0.1) is 0 Å². The molecule has 0 saturated carbocycles. The van der Waals surface area contributed by atoms with Gasteiger partial charge < -0.3 is 19.9 Å². The number of benzene rings is 1. The molecule has 1 spiro atoms. The maximum Gasteiger partial charge on any atom is 0.417 e. The minimum absolute atomic E-state index is 0.0371. The Kier molecular flexibility index (Phi) is 6.98. The van der Waals surface area contributed by atoms with Crippen LogP contribution in [0.15, 0.2) is 18.2 Å². The van der Waals surface area contributed by atoms with E-state index in [1.54, 1.807) is 24.9 Å². The van der Waals surface area contributed by atoms with E-state index in [2.05, 4.69) is 5.32 Å². The number of ether oxygens (including phenoxy) is 1. The van der Waals surface area contributed by atoms with Gasteiger partial charge >= 0.3 is 6.18 Å². The molecule has 7 nitrogen and oxygen atoms in total. The van der Waals surface area contributed by atoms with Crippen molar-refractivity contribution in [3.05, 3.63) is 29.3 Å². The molecule has 2 aliphatic rings. The zero-order valence-electron chi connectivity index (χ0n) is 18.2. The molecule has 32 heavy (non-hydrogen) atoms. The summed E-state index contributed by atoms with van der Waals surface area (Å²) < 4.78 is 45.3. The van der Waals surface area contributed by atoms with E-state index < -0.39 is 22.7 Å². The van der Waals surface area contributed by atoms with Crippen molar-refractivity contribution in [1.82, 2.24) is 10.2 Å². The number of amides is 2. The molecule has 1 aromatic carbocycles. The number of likely N-dealkylation sites (tertiary alicyclic amines) is 1. The quantitative estimate of drug-likeness (QED) is 0.742. The van der Waals surface area contributed by atoms with Crippen LogP contribution in [0.1, 0.15) is 30.9 Å². The summed E-state index contributed by atoms with van der Waals surface area (Å²) in [5.74, 6) is -0.684. The molecule has 2 saturated heterocycles. The van der Waals surface area contributed by atoms with E-state index in [-0.39, 0.29) is 24.3 Å². The number of hydrogen-bond acceptors (Lipinski definition) is 5. The number of rotatable bonds is 5. The Morgan fingerprint density at radius 3 is 2.56 bits per heavy atom. The van der Waals surface area contributed by atoms with Crippen LogP contribution in [-0.4, -0.2) is 63.2 Å². The maximum atomic E-state index is 13.3. The molecule has 1 aromatic rings. The zero-order valence-corrected chi connectivity index (χ0v) is 18.2. The highest BCUT2D eigenvalue weighted by Crippen LogP contribution is 2.46. The lowest BCUT2D eigenvalue weighted by molar-refractivity contribution is -0.138. The van der Waals surface area contributed by atoms with E-state index in [0.717, 1.165) is 6.07 Å². The third-order valence-electron chi connectivity index (χ3n) is 6.55. The van der Waals surface area contributed by atoms with E-state index in [9.17, 15) is 22.8 Å². The molecule has 0 aliphatic carbocycles. The number of halogens is 3. The van der Waals surface area contributed by atoms with Crippen LogP contribution in [-0.2, 0) is 20.5 Å². The normalized spacial score (nSPS) is 20.3. The molecule has 3 rings (SSSR count). The Balaban J connectivity index is 1.78. The second kappa shape index (κ2) is 9.36. The summed E-state index contributed by atoms with van der Waals surface area (Å²) in [6.45, 7) is 3.81. The third-order valence-corrected chi connectivity index (χ3v) is 6.55. The predicted octanol–water partition coefficient (Wildman–Crippen LogP) is 2.40. The molecule has 0 aromatic heterocycles. The Hall–Kier alpha value is -2.80. The molecule has 1 N–H and O–H groups in total. The van der Waals surface area contributed by atoms with Crippen LogP contribution in [0.3, 0.4) is 0 Å². The monoisotopic (exact) mass is 452 g/mol. The van der Waals surface area contributed by atoms with Gasteiger partial charge in [0.2, 0.25) is 11.8 Å². The first-order chi connectivity index (χ1) is 15.1. The van der Waals surface area contributed by atoms with Crippen molar-refractivity contribution in [1.29, 1.82) is 5.26 Å². The van der Waals surface area contributed by atoms with Crippen LogP contribution in [0.2, 0.25) is 0 Å². The van der Waals surface area contributed by atoms with Crippen LogP contribution in [0.4, 0.5) is 18.9 Å². The van der Waals surface area contributed by atoms with Gasteiger partial charge in [0.15, 0.2) is 0 Å². The van der Waals surface area contributed by atoms with Crippen molar-refractivity contribution < 1.29 is 27.5 Å². The van der Waals surface area contributed by atoms with Gasteiger partial charge in [0.05, 0.1) is 23.1 Å². The first-order valence-electron chi connectivity index (χ1n) is 10.6. The summed E-state index contributed by atoms with van der Waals surface area (Å²) in [7, 11) is 1.56. The lowest BCUT2D eigenvalue weighted by Gasteiger charge is -2.43. The van der Waals surface area contributed by atoms with Gasteiger partial charge in [0, 0.05) is 50.9 Å². The number of alkyl halides is 3. The summed E-state index contributed by atoms with van der Waals surface area (Å²) in [6.07, 6.45) is -3.50. The molecule has 1 unspecified atom stereocenters. The first-order valence-corrected chi connectivity index (χ1v) is 10.6. The highest BCUT2D eigenvalue weighted by atomic mass is 19.4. The maximum absolute atomic E-state index is 13.3. The Labute approximate surface area is 185 Å². The number of nitriles is 1. The van der Waals surface area contributed by atoms with Crippen molar-refractivity contribution in [3.8, 4) is 6.07 Å². The van der Waals surface area contributed by atoms with Crippen LogP contribution >= 0.6 is 0 Å². The van der Waals surface area contributed by atoms with Gasteiger partial charge in [0.1, 0.15) is 6.61 Å². The molecule has 2 aliphatic heterocycles. The van der Waals surface area contributed by atoms with Crippen LogP contribution in [0.25, 0.3) is 0 Å². The fourth-order valence-electron chi connectivity index (χ4n) is 4.75. The van der Waals surface area contributed by atoms with Crippen molar-refractivity contribution in [2.75, 3.05) is 51.3 Å². The lowest BCUT2D eigenvalue weighted by atomic mass is 9.70. The van der Waals surface area contributed by atoms with Crippen LogP contribution in [0, 0.1) is 22.7 Å². The molecule has 174 valence electrons. The second-order valence-electron chi connectivity index (χ2n) is 8.27. The number of anilines is 1. The summed E-state index contributed by atoms with van der Waals surface area (Å²) >= 11 is 0. The molecule has 2 amide bonds. The zero-order chi connectivity index (χ0) is 23.5. The Morgan fingerprint density at radius 1 is 1.31 bits per heavy atom. The van der Waals surface area contributed by atoms with E-state index in [1.807, 2.05) is 4.90 Å². The molecule has 1 atom stereocenters. The summed E-state index contributed by atoms with van der Waals surface area (Å²) in [5, 5.41) is 11.7. The molecule has 2 fully saturated rings. The van der Waals surface area contributed by atoms with Gasteiger partial charge in [-0.05, 0) is 38.0 Å². The van der Waals surface area contributed by atoms with Crippen molar-refractivity contribution in [3.63, 3.8) is 0 Å². The van der Waals surface area contributed by atoms with Gasteiger partial charge in [-0.3, -0.25) is 9.59 Å². The average Bonchev–Trinajstić information content (AvgIpc) is 3.15. The SMILES string of the molecule is CCOCC(=O)N1CC(C(=O)NC)C2(CCN(c3ccc(C#N)c(C(F)(F)F)c3)CC2)C1. The summed E-state index contributed by atoms with van der Waals surface area (Å²) in [4.78, 5) is 28.6. The van der Waals surface area contributed by atoms with Gasteiger partial charge in [-0.25, -0.2) is 0 Å². The minimum atomic E-state index is -4.62. The number of carbonyl (C=O) groups is 2. The standard InChI is InChI=1S/C22H27F3N4O3/c1-3-32-13-19(30)29-12-18(20(31)27-2)21(14-29)6-8-28(9-7-21)16-5-4-15(11-26)17(10-16)22(23,24)25/h4-5,10,18H,3,6-9,12-14H2,1-2H3,(H,27,31). The fraction of sp³-hybridized carbons (Fsp3) is 0.591. The fourth-order valence-corrected chi connectivity index (χ4v) is 4.75. The van der Waals surface area contributed by atoms with Crippen molar-refractivity contribution >= 4 is 17.5 Å². The Morgan fingerprint density at radius 2 is 2.00 bits per heavy atom. The van der Waals surface area contributed by atoms with E-state index in [0.29, 0.717) is 51.3 Å². The van der Waals surface area contributed by atoms with Gasteiger partial charge in [0.25, 0.3) is 0 Å². The van der Waals surface area contributed by atoms with Crippen LogP contribution in [0.5, 0.6) is 0 Å². The molecule has 10 heteroatoms. The highest BCUT2D eigenvalue weighted by Gasteiger charge is 2.52. The van der Waals surface area contributed by atoms with E-state index in [1.165, 1.54) is 12.1 Å². The number of nitrogens with zero attached hydrogens (tertiary/aromatic N) is 3. The molecular weight excluding hydrogens is 425 g/mol. The van der Waals surface area contributed by atoms with Crippen molar-refractivity contribution in [2.45, 2.75) is 25.9 Å². The number of carbonyl (C=O) groups excluding carboxylic acids is 2. The third kappa shape index (κ3) is 4.67. The summed E-state index contributed by atoms with van der Waals surface area (Å²) in [6, 6.07) is 5.33.